The fourth-order valence-corrected chi connectivity index (χ4v) is 10.7. The van der Waals surface area contributed by atoms with Crippen LogP contribution in [0.2, 0.25) is 0 Å². The van der Waals surface area contributed by atoms with Crippen LogP contribution in [0, 0.1) is 21.4 Å². The summed E-state index contributed by atoms with van der Waals surface area (Å²) in [5.74, 6) is 2.88. The highest BCUT2D eigenvalue weighted by molar-refractivity contribution is 5.64. The van der Waals surface area contributed by atoms with Gasteiger partial charge in [0.1, 0.15) is 11.7 Å². The predicted molar refractivity (Wildman–Crippen MR) is 171 cm³/mol. The number of ether oxygens (including phenoxy) is 3. The third-order valence-corrected chi connectivity index (χ3v) is 12.8. The van der Waals surface area contributed by atoms with Crippen molar-refractivity contribution in [1.82, 2.24) is 4.90 Å². The molecule has 4 saturated carbocycles. The third-order valence-electron chi connectivity index (χ3n) is 12.8. The van der Waals surface area contributed by atoms with Gasteiger partial charge in [0.2, 0.25) is 0 Å². The van der Waals surface area contributed by atoms with Gasteiger partial charge in [0.25, 0.3) is 5.69 Å². The monoisotopic (exact) mass is 607 g/mol. The summed E-state index contributed by atoms with van der Waals surface area (Å²) in [6.07, 6.45) is 8.13. The van der Waals surface area contributed by atoms with Crippen molar-refractivity contribution in [2.24, 2.45) is 11.3 Å². The second-order valence-electron chi connectivity index (χ2n) is 14.5. The quantitative estimate of drug-likeness (QED) is 0.217. The molecule has 1 N–H and O–H groups in total. The largest absolute Gasteiger partial charge is 0.493 e. The van der Waals surface area contributed by atoms with E-state index < -0.39 is 5.60 Å². The van der Waals surface area contributed by atoms with Crippen LogP contribution in [0.4, 0.5) is 11.4 Å². The maximum absolute atomic E-state index is 11.1. The number of fused-ring (bicyclic) bond motifs is 2. The molecule has 3 aromatic rings. The Morgan fingerprint density at radius 3 is 2.67 bits per heavy atom. The predicted octanol–water partition coefficient (Wildman–Crippen LogP) is 6.61. The van der Waals surface area contributed by atoms with Crippen molar-refractivity contribution in [2.75, 3.05) is 32.6 Å². The van der Waals surface area contributed by atoms with E-state index in [1.807, 2.05) is 19.2 Å². The first-order chi connectivity index (χ1) is 21.9. The highest BCUT2D eigenvalue weighted by atomic mass is 16.6. The average molecular weight is 608 g/mol. The van der Waals surface area contributed by atoms with Crippen LogP contribution in [0.1, 0.15) is 66.7 Å². The van der Waals surface area contributed by atoms with Gasteiger partial charge in [-0.1, -0.05) is 30.3 Å². The molecule has 8 heteroatoms. The molecule has 4 bridgehead atoms. The lowest BCUT2D eigenvalue weighted by atomic mass is 9.34. The second-order valence-corrected chi connectivity index (χ2v) is 14.5. The number of anilines is 1. The Morgan fingerprint density at radius 2 is 1.91 bits per heavy atom. The smallest absolute Gasteiger partial charge is 0.269 e. The first-order valence-electron chi connectivity index (χ1n) is 16.7. The van der Waals surface area contributed by atoms with Gasteiger partial charge in [-0.3, -0.25) is 15.0 Å². The molecule has 10 rings (SSSR count). The highest BCUT2D eigenvalue weighted by Gasteiger charge is 2.80. The van der Waals surface area contributed by atoms with Gasteiger partial charge < -0.3 is 19.5 Å². The van der Waals surface area contributed by atoms with Crippen LogP contribution in [0.5, 0.6) is 11.5 Å². The van der Waals surface area contributed by atoms with Crippen LogP contribution < -0.4 is 14.8 Å². The molecular formula is C37H41N3O5. The van der Waals surface area contributed by atoms with E-state index in [1.54, 1.807) is 19.2 Å². The molecule has 8 nitrogen and oxygen atoms in total. The van der Waals surface area contributed by atoms with Gasteiger partial charge in [0.05, 0.1) is 12.0 Å². The number of hydrogen-bond donors (Lipinski definition) is 1. The van der Waals surface area contributed by atoms with Crippen molar-refractivity contribution in [3.05, 3.63) is 93.0 Å². The Morgan fingerprint density at radius 1 is 1.07 bits per heavy atom. The van der Waals surface area contributed by atoms with Crippen LogP contribution in [0.15, 0.2) is 60.7 Å². The molecule has 1 saturated heterocycles. The molecule has 0 radical (unpaired) electrons. The van der Waals surface area contributed by atoms with E-state index in [2.05, 4.69) is 46.6 Å². The first kappa shape index (κ1) is 27.7. The molecule has 2 spiro atoms. The van der Waals surface area contributed by atoms with Crippen molar-refractivity contribution in [3.63, 3.8) is 0 Å². The molecule has 0 unspecified atom stereocenters. The lowest BCUT2D eigenvalue weighted by Crippen LogP contribution is -2.80. The molecular weight excluding hydrogens is 566 g/mol. The van der Waals surface area contributed by atoms with Crippen molar-refractivity contribution in [2.45, 2.75) is 80.6 Å². The Balaban J connectivity index is 1.11. The minimum Gasteiger partial charge on any atom is -0.493 e. The van der Waals surface area contributed by atoms with E-state index >= 15 is 0 Å². The summed E-state index contributed by atoms with van der Waals surface area (Å²) in [6, 6.07) is 20.6. The van der Waals surface area contributed by atoms with E-state index in [4.69, 9.17) is 14.2 Å². The van der Waals surface area contributed by atoms with Gasteiger partial charge >= 0.3 is 0 Å². The number of nitrogens with one attached hydrogen (secondary N) is 1. The number of likely N-dealkylation sites (tertiary alicyclic amines) is 1. The van der Waals surface area contributed by atoms with Gasteiger partial charge in [-0.2, -0.15) is 0 Å². The molecule has 5 aliphatic carbocycles. The van der Waals surface area contributed by atoms with E-state index in [9.17, 15) is 10.1 Å². The van der Waals surface area contributed by atoms with E-state index in [0.717, 1.165) is 67.3 Å². The van der Waals surface area contributed by atoms with Crippen molar-refractivity contribution in [3.8, 4) is 11.5 Å². The zero-order valence-corrected chi connectivity index (χ0v) is 26.1. The summed E-state index contributed by atoms with van der Waals surface area (Å²) in [5.41, 5.74) is 5.95. The molecule has 0 amide bonds. The zero-order chi connectivity index (χ0) is 30.6. The number of nitrogens with zero attached hydrogens (tertiary/aromatic N) is 2. The number of piperidine rings is 1. The van der Waals surface area contributed by atoms with Crippen LogP contribution >= 0.6 is 0 Å². The number of methoxy groups -OCH3 is 2. The fourth-order valence-electron chi connectivity index (χ4n) is 10.7. The zero-order valence-electron chi connectivity index (χ0n) is 26.1. The lowest BCUT2D eigenvalue weighted by Gasteiger charge is -2.74. The van der Waals surface area contributed by atoms with Gasteiger partial charge in [-0.05, 0) is 92.3 Å². The number of rotatable bonds is 9. The minimum absolute atomic E-state index is 0.0600. The summed E-state index contributed by atoms with van der Waals surface area (Å²) < 4.78 is 20.0. The molecule has 2 heterocycles. The molecule has 5 fully saturated rings. The Bertz CT molecular complexity index is 1690. The topological polar surface area (TPSA) is 86.1 Å². The SMILES string of the molecule is COc1ccc2c3c1O[C@H]1[C@@]4(OC)CC[C@@]5(C[C@@H]4c4cccc(NCc6ccc([N+](=O)[O-])cc6)c4)[C@@H](C2)N(CC2CC2)CC[C@]315. The van der Waals surface area contributed by atoms with Gasteiger partial charge in [0, 0.05) is 66.4 Å². The minimum atomic E-state index is -0.444. The molecule has 0 aromatic heterocycles. The van der Waals surface area contributed by atoms with Gasteiger partial charge in [0.15, 0.2) is 11.5 Å². The number of benzene rings is 3. The van der Waals surface area contributed by atoms with Gasteiger partial charge in [-0.25, -0.2) is 0 Å². The first-order valence-corrected chi connectivity index (χ1v) is 16.7. The van der Waals surface area contributed by atoms with E-state index in [0.29, 0.717) is 12.6 Å². The van der Waals surface area contributed by atoms with Crippen molar-refractivity contribution in [1.29, 1.82) is 0 Å². The lowest BCUT2D eigenvalue weighted by molar-refractivity contribution is -0.384. The number of nitro benzene ring substituents is 1. The molecule has 2 aliphatic heterocycles. The molecule has 3 aromatic carbocycles. The highest BCUT2D eigenvalue weighted by Crippen LogP contribution is 2.78. The third kappa shape index (κ3) is 3.67. The Kier molecular flexibility index (Phi) is 5.96. The summed E-state index contributed by atoms with van der Waals surface area (Å²) in [4.78, 5) is 13.6. The normalized spacial score (nSPS) is 33.8. The van der Waals surface area contributed by atoms with E-state index in [1.165, 1.54) is 36.1 Å². The summed E-state index contributed by atoms with van der Waals surface area (Å²) in [7, 11) is 3.67. The Labute approximate surface area is 264 Å². The van der Waals surface area contributed by atoms with Crippen LogP contribution in [-0.2, 0) is 23.1 Å². The number of non-ortho nitro benzene ring substituents is 1. The standard InChI is InChI=1S/C37H41N3O5/c1-43-30-13-10-26-19-31-35-14-15-37(44-2,34-36(35,32(26)33(30)45-34)16-17-39(31)22-24-6-7-24)29(20-35)25-4-3-5-27(18-25)38-21-23-8-11-28(12-9-23)40(41)42/h3-5,8-13,18,24,29,31,34,38H,6-7,14-17,19-22H2,1-2H3/t29-,31-,34-,35-,36+,37-/m1/s1. The molecule has 7 aliphatic rings. The number of hydrogen-bond acceptors (Lipinski definition) is 7. The van der Waals surface area contributed by atoms with Crippen molar-refractivity contribution < 1.29 is 19.1 Å². The summed E-state index contributed by atoms with van der Waals surface area (Å²) in [6.45, 7) is 2.95. The van der Waals surface area contributed by atoms with Crippen LogP contribution in [0.25, 0.3) is 0 Å². The van der Waals surface area contributed by atoms with E-state index in [-0.39, 0.29) is 33.5 Å². The number of nitro groups is 1. The average Bonchev–Trinajstić information content (AvgIpc) is 3.82. The van der Waals surface area contributed by atoms with Crippen molar-refractivity contribution >= 4 is 11.4 Å². The fraction of sp³-hybridized carbons (Fsp3) is 0.514. The molecule has 234 valence electrons. The maximum atomic E-state index is 11.1. The second kappa shape index (κ2) is 9.69. The Hall–Kier alpha value is -3.62. The van der Waals surface area contributed by atoms with Crippen LogP contribution in [0.3, 0.4) is 0 Å². The van der Waals surface area contributed by atoms with Gasteiger partial charge in [-0.15, -0.1) is 0 Å². The van der Waals surface area contributed by atoms with Crippen LogP contribution in [-0.4, -0.2) is 54.9 Å². The summed E-state index contributed by atoms with van der Waals surface area (Å²) in [5, 5.41) is 14.7. The molecule has 6 atom stereocenters. The maximum Gasteiger partial charge on any atom is 0.269 e. The molecule has 45 heavy (non-hydrogen) atoms. The summed E-state index contributed by atoms with van der Waals surface area (Å²) >= 11 is 0.